The summed E-state index contributed by atoms with van der Waals surface area (Å²) in [6, 6.07) is 14.1. The second kappa shape index (κ2) is 8.42. The van der Waals surface area contributed by atoms with E-state index in [-0.39, 0.29) is 28.3 Å². The molecule has 2 aromatic carbocycles. The normalized spacial score (nSPS) is 13.7. The highest BCUT2D eigenvalue weighted by Crippen LogP contribution is 2.46. The number of para-hydroxylation sites is 1. The summed E-state index contributed by atoms with van der Waals surface area (Å²) in [7, 11) is 0. The fourth-order valence-electron chi connectivity index (χ4n) is 2.44. The Labute approximate surface area is 172 Å². The molecule has 1 amide bonds. The van der Waals surface area contributed by atoms with Crippen LogP contribution in [0.4, 0.5) is 13.2 Å². The number of fused-ring (bicyclic) bond motifs is 1. The standard InChI is InChI=1S/C19H15F3N2O3S2/c1-2-27-16(26)18(19(20,21)22,24-15(25)12-8-4-3-5-9-12)29-17-23-13-10-6-7-11-14(13)28-17/h3-11H,2H2,1H3,(H,24,25)/t18-/m0/s1. The molecule has 0 aliphatic heterocycles. The third kappa shape index (κ3) is 4.38. The van der Waals surface area contributed by atoms with Crippen LogP contribution >= 0.6 is 23.1 Å². The number of nitrogens with one attached hydrogen (secondary N) is 1. The van der Waals surface area contributed by atoms with Crippen LogP contribution in [0.5, 0.6) is 0 Å². The molecule has 1 heterocycles. The van der Waals surface area contributed by atoms with Crippen LogP contribution < -0.4 is 5.32 Å². The number of ether oxygens (including phenoxy) is 1. The van der Waals surface area contributed by atoms with Gasteiger partial charge in [0.05, 0.1) is 16.8 Å². The highest BCUT2D eigenvalue weighted by Gasteiger charge is 2.64. The first-order valence-corrected chi connectivity index (χ1v) is 10.1. The van der Waals surface area contributed by atoms with Crippen molar-refractivity contribution in [3.05, 3.63) is 60.2 Å². The minimum Gasteiger partial charge on any atom is -0.463 e. The lowest BCUT2D eigenvalue weighted by molar-refractivity contribution is -0.190. The number of thiazole rings is 1. The van der Waals surface area contributed by atoms with Crippen LogP contribution in [-0.2, 0) is 9.53 Å². The lowest BCUT2D eigenvalue weighted by Crippen LogP contribution is -2.62. The van der Waals surface area contributed by atoms with Gasteiger partial charge in [0.15, 0.2) is 4.34 Å². The largest absolute Gasteiger partial charge is 0.463 e. The molecule has 0 spiro atoms. The minimum atomic E-state index is -5.15. The number of carbonyl (C=O) groups is 2. The first-order valence-electron chi connectivity index (χ1n) is 8.43. The van der Waals surface area contributed by atoms with E-state index in [2.05, 4.69) is 4.98 Å². The van der Waals surface area contributed by atoms with Gasteiger partial charge in [0, 0.05) is 5.56 Å². The van der Waals surface area contributed by atoms with Gasteiger partial charge in [-0.3, -0.25) is 4.79 Å². The van der Waals surface area contributed by atoms with E-state index in [1.54, 1.807) is 30.3 Å². The van der Waals surface area contributed by atoms with Gasteiger partial charge in [-0.2, -0.15) is 13.2 Å². The lowest BCUT2D eigenvalue weighted by atomic mass is 10.2. The third-order valence-corrected chi connectivity index (χ3v) is 6.21. The van der Waals surface area contributed by atoms with Crippen LogP contribution in [0.2, 0.25) is 0 Å². The van der Waals surface area contributed by atoms with E-state index in [9.17, 15) is 22.8 Å². The zero-order valence-electron chi connectivity index (χ0n) is 15.0. The third-order valence-electron chi connectivity index (χ3n) is 3.80. The molecule has 3 aromatic rings. The molecule has 1 atom stereocenters. The molecule has 1 aromatic heterocycles. The van der Waals surface area contributed by atoms with Crippen LogP contribution in [0.1, 0.15) is 17.3 Å². The zero-order chi connectivity index (χ0) is 21.1. The number of nitrogens with zero attached hydrogens (tertiary/aromatic N) is 1. The molecule has 0 fully saturated rings. The average Bonchev–Trinajstić information content (AvgIpc) is 3.09. The maximum Gasteiger partial charge on any atom is 0.432 e. The monoisotopic (exact) mass is 440 g/mol. The molecule has 0 bridgehead atoms. The highest BCUT2D eigenvalue weighted by atomic mass is 32.2. The van der Waals surface area contributed by atoms with Crippen molar-refractivity contribution in [1.82, 2.24) is 10.3 Å². The molecule has 0 saturated carbocycles. The molecule has 0 saturated heterocycles. The van der Waals surface area contributed by atoms with E-state index in [0.29, 0.717) is 10.2 Å². The Kier molecular flexibility index (Phi) is 6.13. The van der Waals surface area contributed by atoms with Gasteiger partial charge in [0.25, 0.3) is 10.8 Å². The number of hydrogen-bond acceptors (Lipinski definition) is 6. The van der Waals surface area contributed by atoms with Gasteiger partial charge in [0.2, 0.25) is 0 Å². The minimum absolute atomic E-state index is 0.0182. The van der Waals surface area contributed by atoms with Crippen LogP contribution in [0, 0.1) is 0 Å². The van der Waals surface area contributed by atoms with Gasteiger partial charge in [0.1, 0.15) is 0 Å². The van der Waals surface area contributed by atoms with Crippen molar-refractivity contribution in [2.75, 3.05) is 6.61 Å². The molecule has 152 valence electrons. The van der Waals surface area contributed by atoms with Gasteiger partial charge < -0.3 is 10.1 Å². The van der Waals surface area contributed by atoms with E-state index in [4.69, 9.17) is 4.74 Å². The van der Waals surface area contributed by atoms with E-state index in [0.717, 1.165) is 11.3 Å². The van der Waals surface area contributed by atoms with Gasteiger partial charge in [-0.1, -0.05) is 30.3 Å². The lowest BCUT2D eigenvalue weighted by Gasteiger charge is -2.32. The van der Waals surface area contributed by atoms with E-state index >= 15 is 0 Å². The Morgan fingerprint density at radius 3 is 2.38 bits per heavy atom. The van der Waals surface area contributed by atoms with Crippen molar-refractivity contribution in [1.29, 1.82) is 0 Å². The zero-order valence-corrected chi connectivity index (χ0v) is 16.7. The molecule has 5 nitrogen and oxygen atoms in total. The summed E-state index contributed by atoms with van der Waals surface area (Å²) in [5.41, 5.74) is 0.477. The van der Waals surface area contributed by atoms with Crippen LogP contribution in [-0.4, -0.2) is 34.5 Å². The predicted octanol–water partition coefficient (Wildman–Crippen LogP) is 4.64. The topological polar surface area (TPSA) is 68.3 Å². The van der Waals surface area contributed by atoms with Crippen molar-refractivity contribution < 1.29 is 27.5 Å². The number of rotatable bonds is 6. The Morgan fingerprint density at radius 2 is 1.76 bits per heavy atom. The van der Waals surface area contributed by atoms with Crippen molar-refractivity contribution in [3.8, 4) is 0 Å². The van der Waals surface area contributed by atoms with Crippen LogP contribution in [0.25, 0.3) is 10.2 Å². The first-order chi connectivity index (χ1) is 13.8. The smallest absolute Gasteiger partial charge is 0.432 e. The number of benzene rings is 2. The number of amides is 1. The van der Waals surface area contributed by atoms with Gasteiger partial charge >= 0.3 is 12.1 Å². The quantitative estimate of drug-likeness (QED) is 0.344. The van der Waals surface area contributed by atoms with E-state index < -0.39 is 22.9 Å². The van der Waals surface area contributed by atoms with E-state index in [1.165, 1.54) is 31.2 Å². The number of hydrogen-bond donors (Lipinski definition) is 1. The maximum absolute atomic E-state index is 14.2. The summed E-state index contributed by atoms with van der Waals surface area (Å²) in [4.78, 5) is 25.8. The Balaban J connectivity index is 2.05. The summed E-state index contributed by atoms with van der Waals surface area (Å²) in [5.74, 6) is -2.66. The predicted molar refractivity (Wildman–Crippen MR) is 105 cm³/mol. The van der Waals surface area contributed by atoms with Gasteiger partial charge in [-0.25, -0.2) is 9.78 Å². The molecule has 0 radical (unpaired) electrons. The van der Waals surface area contributed by atoms with Crippen molar-refractivity contribution >= 4 is 45.2 Å². The highest BCUT2D eigenvalue weighted by molar-refractivity contribution is 8.03. The number of halogens is 3. The van der Waals surface area contributed by atoms with Gasteiger partial charge in [-0.15, -0.1) is 11.3 Å². The molecule has 0 aliphatic rings. The fourth-order valence-corrected chi connectivity index (χ4v) is 4.76. The number of aromatic nitrogens is 1. The average molecular weight is 440 g/mol. The second-order valence-electron chi connectivity index (χ2n) is 5.77. The first kappa shape index (κ1) is 21.1. The number of thioether (sulfide) groups is 1. The summed E-state index contributed by atoms with van der Waals surface area (Å²) in [6.07, 6.45) is -5.15. The van der Waals surface area contributed by atoms with Crippen molar-refractivity contribution in [2.45, 2.75) is 22.3 Å². The number of esters is 1. The summed E-state index contributed by atoms with van der Waals surface area (Å²) in [5, 5.41) is 1.86. The molecule has 0 unspecified atom stereocenters. The Bertz CT molecular complexity index is 991. The molecule has 10 heteroatoms. The van der Waals surface area contributed by atoms with E-state index in [1.807, 2.05) is 5.32 Å². The molecule has 29 heavy (non-hydrogen) atoms. The summed E-state index contributed by atoms with van der Waals surface area (Å²) in [6.45, 7) is 1.11. The van der Waals surface area contributed by atoms with Crippen LogP contribution in [0.3, 0.4) is 0 Å². The molecule has 0 aliphatic carbocycles. The van der Waals surface area contributed by atoms with Crippen molar-refractivity contribution in [3.63, 3.8) is 0 Å². The number of alkyl halides is 3. The molecule has 1 N–H and O–H groups in total. The van der Waals surface area contributed by atoms with Crippen LogP contribution in [0.15, 0.2) is 58.9 Å². The Hall–Kier alpha value is -2.59. The molecular formula is C19H15F3N2O3S2. The molecular weight excluding hydrogens is 425 g/mol. The van der Waals surface area contributed by atoms with Gasteiger partial charge in [-0.05, 0) is 43.0 Å². The summed E-state index contributed by atoms with van der Waals surface area (Å²) < 4.78 is 48.0. The molecule has 3 rings (SSSR count). The maximum atomic E-state index is 14.2. The van der Waals surface area contributed by atoms with Crippen molar-refractivity contribution in [2.24, 2.45) is 0 Å². The Morgan fingerprint density at radius 1 is 1.10 bits per heavy atom. The number of carbonyl (C=O) groups excluding carboxylic acids is 2. The SMILES string of the molecule is CCOC(=O)[C@](NC(=O)c1ccccc1)(Sc1nc2ccccc2s1)C(F)(F)F. The fraction of sp³-hybridized carbons (Fsp3) is 0.211. The summed E-state index contributed by atoms with van der Waals surface area (Å²) >= 11 is 1.11. The second-order valence-corrected chi connectivity index (χ2v) is 8.26.